The third kappa shape index (κ3) is 6.50. The molecule has 1 fully saturated rings. The number of hydrogen-bond donors (Lipinski definition) is 2. The monoisotopic (exact) mass is 327 g/mol. The van der Waals surface area contributed by atoms with E-state index in [2.05, 4.69) is 27.8 Å². The molecular weight excluding hydrogens is 303 g/mol. The van der Waals surface area contributed by atoms with Crippen LogP contribution in [0.25, 0.3) is 0 Å². The van der Waals surface area contributed by atoms with Crippen LogP contribution in [-0.4, -0.2) is 31.8 Å². The van der Waals surface area contributed by atoms with Crippen molar-refractivity contribution in [3.63, 3.8) is 0 Å². The van der Waals surface area contributed by atoms with Gasteiger partial charge < -0.3 is 10.6 Å². The van der Waals surface area contributed by atoms with Crippen LogP contribution in [0.3, 0.4) is 0 Å². The Morgan fingerprint density at radius 2 is 1.87 bits per heavy atom. The van der Waals surface area contributed by atoms with E-state index in [1.165, 1.54) is 5.56 Å². The molecule has 3 nitrogen and oxygen atoms in total. The molecule has 0 unspecified atom stereocenters. The van der Waals surface area contributed by atoms with Crippen molar-refractivity contribution in [1.29, 1.82) is 0 Å². The maximum absolute atomic E-state index is 12.2. The van der Waals surface area contributed by atoms with Crippen molar-refractivity contribution in [3.8, 4) is 0 Å². The minimum Gasteiger partial charge on any atom is -0.357 e. The molecule has 0 radical (unpaired) electrons. The number of guanidine groups is 1. The topological polar surface area (TPSA) is 36.4 Å². The minimum atomic E-state index is -4.14. The summed E-state index contributed by atoms with van der Waals surface area (Å²) in [4.78, 5) is 4.49. The van der Waals surface area contributed by atoms with Gasteiger partial charge in [-0.1, -0.05) is 30.3 Å². The van der Waals surface area contributed by atoms with Crippen molar-refractivity contribution in [2.75, 3.05) is 19.6 Å². The van der Waals surface area contributed by atoms with Gasteiger partial charge in [0.25, 0.3) is 0 Å². The smallest absolute Gasteiger partial charge is 0.357 e. The largest absolute Gasteiger partial charge is 0.390 e. The fraction of sp³-hybridized carbons (Fsp3) is 0.588. The van der Waals surface area contributed by atoms with E-state index >= 15 is 0 Å². The van der Waals surface area contributed by atoms with E-state index in [0.29, 0.717) is 19.0 Å². The summed E-state index contributed by atoms with van der Waals surface area (Å²) >= 11 is 0. The lowest BCUT2D eigenvalue weighted by molar-refractivity contribution is -0.132. The summed E-state index contributed by atoms with van der Waals surface area (Å²) in [6.45, 7) is 3.02. The van der Waals surface area contributed by atoms with E-state index in [1.54, 1.807) is 0 Å². The third-order valence-corrected chi connectivity index (χ3v) is 4.00. The molecular formula is C17H24F3N3. The van der Waals surface area contributed by atoms with Gasteiger partial charge in [0, 0.05) is 19.6 Å². The SMILES string of the molecule is CCNC(=NCC1(Cc2ccccc2)CC1)NCCC(F)(F)F. The van der Waals surface area contributed by atoms with Gasteiger partial charge >= 0.3 is 6.18 Å². The Kier molecular flexibility index (Phi) is 5.91. The molecule has 0 aliphatic heterocycles. The summed E-state index contributed by atoms with van der Waals surface area (Å²) in [5.41, 5.74) is 1.46. The molecule has 2 N–H and O–H groups in total. The van der Waals surface area contributed by atoms with Crippen LogP contribution in [0.1, 0.15) is 31.7 Å². The van der Waals surface area contributed by atoms with Gasteiger partial charge in [-0.2, -0.15) is 13.2 Å². The van der Waals surface area contributed by atoms with Crippen LogP contribution in [0.15, 0.2) is 35.3 Å². The molecule has 0 amide bonds. The second-order valence-electron chi connectivity index (χ2n) is 6.15. The maximum Gasteiger partial charge on any atom is 0.390 e. The summed E-state index contributed by atoms with van der Waals surface area (Å²) in [6, 6.07) is 10.3. The summed E-state index contributed by atoms with van der Waals surface area (Å²) in [6.07, 6.45) is -1.79. The molecule has 0 spiro atoms. The van der Waals surface area contributed by atoms with Gasteiger partial charge in [-0.3, -0.25) is 4.99 Å². The van der Waals surface area contributed by atoms with Crippen molar-refractivity contribution in [1.82, 2.24) is 10.6 Å². The molecule has 1 aromatic rings. The molecule has 1 aliphatic carbocycles. The van der Waals surface area contributed by atoms with Crippen LogP contribution in [0.2, 0.25) is 0 Å². The minimum absolute atomic E-state index is 0.152. The maximum atomic E-state index is 12.2. The zero-order chi connectivity index (χ0) is 16.8. The number of benzene rings is 1. The highest BCUT2D eigenvalue weighted by Crippen LogP contribution is 2.48. The highest BCUT2D eigenvalue weighted by molar-refractivity contribution is 5.79. The number of nitrogens with one attached hydrogen (secondary N) is 2. The predicted molar refractivity (Wildman–Crippen MR) is 86.5 cm³/mol. The first-order valence-corrected chi connectivity index (χ1v) is 8.05. The summed E-state index contributed by atoms with van der Waals surface area (Å²) in [5, 5.41) is 5.76. The molecule has 6 heteroatoms. The van der Waals surface area contributed by atoms with Gasteiger partial charge in [-0.15, -0.1) is 0 Å². The Morgan fingerprint density at radius 1 is 1.17 bits per heavy atom. The van der Waals surface area contributed by atoms with Gasteiger partial charge in [-0.25, -0.2) is 0 Å². The lowest BCUT2D eigenvalue weighted by atomic mass is 9.97. The zero-order valence-electron chi connectivity index (χ0n) is 13.4. The highest BCUT2D eigenvalue weighted by Gasteiger charge is 2.42. The van der Waals surface area contributed by atoms with E-state index in [-0.39, 0.29) is 12.0 Å². The van der Waals surface area contributed by atoms with Gasteiger partial charge in [0.15, 0.2) is 5.96 Å². The Bertz CT molecular complexity index is 508. The molecule has 0 bridgehead atoms. The molecule has 1 saturated carbocycles. The average Bonchev–Trinajstić information content (AvgIpc) is 3.24. The first kappa shape index (κ1) is 17.6. The van der Waals surface area contributed by atoms with E-state index in [9.17, 15) is 13.2 Å². The van der Waals surface area contributed by atoms with E-state index in [0.717, 1.165) is 19.3 Å². The Balaban J connectivity index is 1.86. The van der Waals surface area contributed by atoms with E-state index in [4.69, 9.17) is 0 Å². The van der Waals surface area contributed by atoms with Crippen molar-refractivity contribution in [2.45, 2.75) is 38.8 Å². The highest BCUT2D eigenvalue weighted by atomic mass is 19.4. The predicted octanol–water partition coefficient (Wildman–Crippen LogP) is 3.52. The van der Waals surface area contributed by atoms with Crippen LogP contribution in [-0.2, 0) is 6.42 Å². The van der Waals surface area contributed by atoms with Crippen LogP contribution in [0.5, 0.6) is 0 Å². The van der Waals surface area contributed by atoms with Crippen molar-refractivity contribution < 1.29 is 13.2 Å². The van der Waals surface area contributed by atoms with Crippen molar-refractivity contribution in [3.05, 3.63) is 35.9 Å². The molecule has 0 atom stereocenters. The summed E-state index contributed by atoms with van der Waals surface area (Å²) in [7, 11) is 0. The lowest BCUT2D eigenvalue weighted by Gasteiger charge is -2.16. The van der Waals surface area contributed by atoms with Gasteiger partial charge in [-0.05, 0) is 37.2 Å². The third-order valence-electron chi connectivity index (χ3n) is 4.00. The second-order valence-corrected chi connectivity index (χ2v) is 6.15. The van der Waals surface area contributed by atoms with E-state index in [1.807, 2.05) is 25.1 Å². The zero-order valence-corrected chi connectivity index (χ0v) is 13.4. The quantitative estimate of drug-likeness (QED) is 0.594. The second kappa shape index (κ2) is 7.70. The average molecular weight is 327 g/mol. The number of alkyl halides is 3. The van der Waals surface area contributed by atoms with E-state index < -0.39 is 12.6 Å². The standard InChI is InChI=1S/C17H24F3N3/c1-2-21-15(22-11-10-17(18,19)20)23-13-16(8-9-16)12-14-6-4-3-5-7-14/h3-7H,2,8-13H2,1H3,(H2,21,22,23). The Morgan fingerprint density at radius 3 is 2.43 bits per heavy atom. The van der Waals surface area contributed by atoms with Gasteiger partial charge in [0.1, 0.15) is 0 Å². The molecule has 1 aromatic carbocycles. The molecule has 128 valence electrons. The van der Waals surface area contributed by atoms with Crippen LogP contribution < -0.4 is 10.6 Å². The molecule has 0 aromatic heterocycles. The van der Waals surface area contributed by atoms with Crippen LogP contribution in [0, 0.1) is 5.41 Å². The fourth-order valence-corrected chi connectivity index (χ4v) is 2.51. The fourth-order valence-electron chi connectivity index (χ4n) is 2.51. The first-order chi connectivity index (χ1) is 10.9. The number of aliphatic imine (C=N–C) groups is 1. The van der Waals surface area contributed by atoms with Crippen molar-refractivity contribution in [2.24, 2.45) is 10.4 Å². The van der Waals surface area contributed by atoms with Gasteiger partial charge in [0.2, 0.25) is 0 Å². The molecule has 0 saturated heterocycles. The summed E-state index contributed by atoms with van der Waals surface area (Å²) < 4.78 is 36.7. The normalized spacial score (nSPS) is 17.0. The number of rotatable bonds is 7. The molecule has 23 heavy (non-hydrogen) atoms. The van der Waals surface area contributed by atoms with Gasteiger partial charge in [0.05, 0.1) is 6.42 Å². The van der Waals surface area contributed by atoms with Crippen LogP contribution in [0.4, 0.5) is 13.2 Å². The number of nitrogens with zero attached hydrogens (tertiary/aromatic N) is 1. The molecule has 0 heterocycles. The Hall–Kier alpha value is -1.72. The summed E-state index contributed by atoms with van der Waals surface area (Å²) in [5.74, 6) is 0.469. The first-order valence-electron chi connectivity index (χ1n) is 8.05. The number of halogens is 3. The molecule has 2 rings (SSSR count). The number of hydrogen-bond acceptors (Lipinski definition) is 1. The Labute approximate surface area is 135 Å². The molecule has 1 aliphatic rings. The lowest BCUT2D eigenvalue weighted by Crippen LogP contribution is -2.39. The van der Waals surface area contributed by atoms with Crippen molar-refractivity contribution >= 4 is 5.96 Å². The van der Waals surface area contributed by atoms with Crippen LogP contribution >= 0.6 is 0 Å².